The van der Waals surface area contributed by atoms with Crippen molar-refractivity contribution in [3.05, 3.63) is 35.4 Å². The van der Waals surface area contributed by atoms with Gasteiger partial charge in [0.05, 0.1) is 18.1 Å². The minimum Gasteiger partial charge on any atom is -0.333 e. The minimum atomic E-state index is -4.39. The van der Waals surface area contributed by atoms with Gasteiger partial charge in [-0.25, -0.2) is 0 Å². The van der Waals surface area contributed by atoms with E-state index in [1.165, 1.54) is 12.1 Å². The lowest BCUT2D eigenvalue weighted by atomic mass is 10.1. The Morgan fingerprint density at radius 3 is 2.35 bits per heavy atom. The molecule has 1 aromatic carbocycles. The summed E-state index contributed by atoms with van der Waals surface area (Å²) in [5.41, 5.74) is 1.04. The Morgan fingerprint density at radius 1 is 1.30 bits per heavy atom. The first-order chi connectivity index (χ1) is 9.35. The molecule has 3 nitrogen and oxygen atoms in total. The molecule has 20 heavy (non-hydrogen) atoms. The average molecular weight is 284 g/mol. The molecule has 0 aliphatic carbocycles. The molecule has 0 aromatic heterocycles. The summed E-state index contributed by atoms with van der Waals surface area (Å²) in [6.45, 7) is 0.572. The van der Waals surface area contributed by atoms with E-state index in [2.05, 4.69) is 0 Å². The highest BCUT2D eigenvalue weighted by Gasteiger charge is 2.32. The topological polar surface area (TPSA) is 44.1 Å². The van der Waals surface area contributed by atoms with E-state index in [4.69, 9.17) is 5.26 Å². The van der Waals surface area contributed by atoms with Gasteiger partial charge in [0, 0.05) is 6.54 Å². The second kappa shape index (κ2) is 6.94. The lowest BCUT2D eigenvalue weighted by molar-refractivity contribution is -0.160. The Morgan fingerprint density at radius 2 is 1.90 bits per heavy atom. The van der Waals surface area contributed by atoms with Crippen LogP contribution in [0.3, 0.4) is 0 Å². The summed E-state index contributed by atoms with van der Waals surface area (Å²) in [4.78, 5) is 12.7. The number of alkyl halides is 3. The molecule has 0 fully saturated rings. The summed E-state index contributed by atoms with van der Waals surface area (Å²) >= 11 is 0. The predicted octanol–water partition coefficient (Wildman–Crippen LogP) is 2.90. The number of hydrogen-bond donors (Lipinski definition) is 0. The monoisotopic (exact) mass is 284 g/mol. The van der Waals surface area contributed by atoms with Crippen molar-refractivity contribution in [2.75, 3.05) is 13.1 Å². The molecule has 1 amide bonds. The first-order valence-corrected chi connectivity index (χ1v) is 6.19. The lowest BCUT2D eigenvalue weighted by Crippen LogP contribution is -2.40. The molecule has 0 saturated heterocycles. The second-order valence-corrected chi connectivity index (χ2v) is 4.42. The van der Waals surface area contributed by atoms with Gasteiger partial charge >= 0.3 is 6.18 Å². The Labute approximate surface area is 115 Å². The van der Waals surface area contributed by atoms with Crippen molar-refractivity contribution in [1.29, 1.82) is 5.26 Å². The Kier molecular flexibility index (Phi) is 5.56. The molecule has 0 bridgehead atoms. The zero-order chi connectivity index (χ0) is 15.2. The van der Waals surface area contributed by atoms with Crippen LogP contribution in [0.15, 0.2) is 24.3 Å². The van der Waals surface area contributed by atoms with Gasteiger partial charge in [0.15, 0.2) is 0 Å². The van der Waals surface area contributed by atoms with Crippen molar-refractivity contribution in [2.24, 2.45) is 0 Å². The van der Waals surface area contributed by atoms with Crippen LogP contribution in [0.2, 0.25) is 0 Å². The number of nitrogens with zero attached hydrogens (tertiary/aromatic N) is 2. The molecular weight excluding hydrogens is 269 g/mol. The average Bonchev–Trinajstić information content (AvgIpc) is 2.37. The third kappa shape index (κ3) is 5.31. The summed E-state index contributed by atoms with van der Waals surface area (Å²) in [6, 6.07) is 8.17. The molecule has 6 heteroatoms. The van der Waals surface area contributed by atoms with Gasteiger partial charge in [-0.05, 0) is 24.1 Å². The van der Waals surface area contributed by atoms with Crippen molar-refractivity contribution in [3.8, 4) is 6.07 Å². The standard InChI is InChI=1S/C14H15F3N2O/c1-2-7-19(10-14(15,16)17)13(20)8-11-3-5-12(9-18)6-4-11/h3-6H,2,7-8,10H2,1H3. The fourth-order valence-electron chi connectivity index (χ4n) is 1.76. The van der Waals surface area contributed by atoms with E-state index in [9.17, 15) is 18.0 Å². The van der Waals surface area contributed by atoms with Crippen LogP contribution < -0.4 is 0 Å². The van der Waals surface area contributed by atoms with Crippen LogP contribution in [0.5, 0.6) is 0 Å². The Bertz CT molecular complexity index is 489. The Hall–Kier alpha value is -2.03. The summed E-state index contributed by atoms with van der Waals surface area (Å²) < 4.78 is 37.2. The fourth-order valence-corrected chi connectivity index (χ4v) is 1.76. The highest BCUT2D eigenvalue weighted by atomic mass is 19.4. The van der Waals surface area contributed by atoms with E-state index in [0.29, 0.717) is 17.5 Å². The zero-order valence-corrected chi connectivity index (χ0v) is 11.1. The van der Waals surface area contributed by atoms with E-state index >= 15 is 0 Å². The number of carbonyl (C=O) groups excluding carboxylic acids is 1. The van der Waals surface area contributed by atoms with Gasteiger partial charge < -0.3 is 4.90 Å². The summed E-state index contributed by atoms with van der Waals surface area (Å²) in [6.07, 6.45) is -4.02. The number of benzene rings is 1. The van der Waals surface area contributed by atoms with Gasteiger partial charge in [0.2, 0.25) is 5.91 Å². The quantitative estimate of drug-likeness (QED) is 0.834. The molecular formula is C14H15F3N2O. The van der Waals surface area contributed by atoms with Crippen LogP contribution in [0.4, 0.5) is 13.2 Å². The van der Waals surface area contributed by atoms with Gasteiger partial charge in [0.1, 0.15) is 6.54 Å². The fraction of sp³-hybridized carbons (Fsp3) is 0.429. The van der Waals surface area contributed by atoms with Crippen LogP contribution >= 0.6 is 0 Å². The van der Waals surface area contributed by atoms with Crippen LogP contribution in [-0.4, -0.2) is 30.1 Å². The maximum atomic E-state index is 12.4. The number of nitriles is 1. The number of carbonyl (C=O) groups is 1. The molecule has 0 radical (unpaired) electrons. The second-order valence-electron chi connectivity index (χ2n) is 4.42. The minimum absolute atomic E-state index is 0.0780. The van der Waals surface area contributed by atoms with Crippen molar-refractivity contribution < 1.29 is 18.0 Å². The molecule has 0 unspecified atom stereocenters. The van der Waals surface area contributed by atoms with Crippen LogP contribution in [-0.2, 0) is 11.2 Å². The number of hydrogen-bond acceptors (Lipinski definition) is 2. The largest absolute Gasteiger partial charge is 0.406 e. The summed E-state index contributed by atoms with van der Waals surface area (Å²) in [5.74, 6) is -0.561. The van der Waals surface area contributed by atoms with E-state index in [0.717, 1.165) is 4.90 Å². The predicted molar refractivity (Wildman–Crippen MR) is 67.8 cm³/mol. The third-order valence-electron chi connectivity index (χ3n) is 2.65. The van der Waals surface area contributed by atoms with Gasteiger partial charge in [-0.1, -0.05) is 19.1 Å². The maximum absolute atomic E-state index is 12.4. The van der Waals surface area contributed by atoms with Gasteiger partial charge in [-0.15, -0.1) is 0 Å². The smallest absolute Gasteiger partial charge is 0.333 e. The molecule has 108 valence electrons. The number of amides is 1. The highest BCUT2D eigenvalue weighted by molar-refractivity contribution is 5.78. The van der Waals surface area contributed by atoms with Crippen molar-refractivity contribution >= 4 is 5.91 Å². The number of rotatable bonds is 5. The summed E-state index contributed by atoms with van der Waals surface area (Å²) in [5, 5.41) is 8.65. The number of halogens is 3. The molecule has 0 atom stereocenters. The highest BCUT2D eigenvalue weighted by Crippen LogP contribution is 2.17. The van der Waals surface area contributed by atoms with Crippen LogP contribution in [0.25, 0.3) is 0 Å². The van der Waals surface area contributed by atoms with Crippen molar-refractivity contribution in [2.45, 2.75) is 25.9 Å². The molecule has 0 aliphatic rings. The molecule has 0 N–H and O–H groups in total. The zero-order valence-electron chi connectivity index (χ0n) is 11.1. The van der Waals surface area contributed by atoms with E-state index in [-0.39, 0.29) is 13.0 Å². The first kappa shape index (κ1) is 16.0. The van der Waals surface area contributed by atoms with Crippen LogP contribution in [0, 0.1) is 11.3 Å². The van der Waals surface area contributed by atoms with Gasteiger partial charge in [-0.2, -0.15) is 18.4 Å². The molecule has 1 rings (SSSR count). The SMILES string of the molecule is CCCN(CC(F)(F)F)C(=O)Cc1ccc(C#N)cc1. The van der Waals surface area contributed by atoms with Crippen molar-refractivity contribution in [3.63, 3.8) is 0 Å². The molecule has 0 aliphatic heterocycles. The van der Waals surface area contributed by atoms with E-state index in [1.807, 2.05) is 6.07 Å². The van der Waals surface area contributed by atoms with Gasteiger partial charge in [-0.3, -0.25) is 4.79 Å². The molecule has 0 spiro atoms. The molecule has 0 heterocycles. The molecule has 0 saturated carbocycles. The first-order valence-electron chi connectivity index (χ1n) is 6.19. The van der Waals surface area contributed by atoms with Crippen LogP contribution in [0.1, 0.15) is 24.5 Å². The lowest BCUT2D eigenvalue weighted by Gasteiger charge is -2.23. The summed E-state index contributed by atoms with van der Waals surface area (Å²) in [7, 11) is 0. The van der Waals surface area contributed by atoms with Gasteiger partial charge in [0.25, 0.3) is 0 Å². The van der Waals surface area contributed by atoms with E-state index < -0.39 is 18.6 Å². The third-order valence-corrected chi connectivity index (χ3v) is 2.65. The van der Waals surface area contributed by atoms with Crippen molar-refractivity contribution in [1.82, 2.24) is 4.90 Å². The molecule has 1 aromatic rings. The normalized spacial score (nSPS) is 10.9. The van der Waals surface area contributed by atoms with E-state index in [1.54, 1.807) is 19.1 Å². The maximum Gasteiger partial charge on any atom is 0.406 e. The Balaban J connectivity index is 2.72.